The van der Waals surface area contributed by atoms with Crippen molar-refractivity contribution < 1.29 is 14.3 Å². The Hall–Kier alpha value is -3.27. The number of para-hydroxylation sites is 1. The molecule has 7 nitrogen and oxygen atoms in total. The van der Waals surface area contributed by atoms with Crippen LogP contribution in [0.2, 0.25) is 5.02 Å². The molecule has 0 unspecified atom stereocenters. The van der Waals surface area contributed by atoms with Crippen LogP contribution in [0.3, 0.4) is 0 Å². The Morgan fingerprint density at radius 2 is 1.79 bits per heavy atom. The number of hydrogen-bond donors (Lipinski definition) is 2. The molecule has 0 bridgehead atoms. The Bertz CT molecular complexity index is 1300. The molecule has 168 valence electrons. The molecular weight excluding hydrogens is 480 g/mol. The van der Waals surface area contributed by atoms with Gasteiger partial charge < -0.3 is 10.1 Å². The van der Waals surface area contributed by atoms with Crippen molar-refractivity contribution in [3.8, 4) is 16.3 Å². The van der Waals surface area contributed by atoms with Crippen LogP contribution in [-0.4, -0.2) is 28.9 Å². The molecule has 0 atom stereocenters. The molecule has 2 heterocycles. The minimum absolute atomic E-state index is 0.163. The van der Waals surface area contributed by atoms with Gasteiger partial charge in [-0.05, 0) is 36.8 Å². The first-order valence-electron chi connectivity index (χ1n) is 9.85. The summed E-state index contributed by atoms with van der Waals surface area (Å²) in [4.78, 5) is 34.8. The fourth-order valence-electron chi connectivity index (χ4n) is 3.07. The van der Waals surface area contributed by atoms with Crippen molar-refractivity contribution in [2.24, 2.45) is 0 Å². The molecule has 0 fully saturated rings. The summed E-state index contributed by atoms with van der Waals surface area (Å²) in [5.74, 6) is 0.0205. The lowest BCUT2D eigenvalue weighted by molar-refractivity contribution is -0.115. The van der Waals surface area contributed by atoms with Crippen molar-refractivity contribution in [1.82, 2.24) is 9.97 Å². The number of thiazole rings is 2. The number of halogens is 1. The van der Waals surface area contributed by atoms with Crippen LogP contribution in [0, 0.1) is 6.92 Å². The second-order valence-corrected chi connectivity index (χ2v) is 9.27. The Morgan fingerprint density at radius 1 is 1.03 bits per heavy atom. The molecule has 4 rings (SSSR count). The number of nitrogens with one attached hydrogen (secondary N) is 2. The highest BCUT2D eigenvalue weighted by Crippen LogP contribution is 2.35. The van der Waals surface area contributed by atoms with E-state index in [0.717, 1.165) is 16.1 Å². The highest BCUT2D eigenvalue weighted by molar-refractivity contribution is 7.20. The van der Waals surface area contributed by atoms with Gasteiger partial charge in [-0.2, -0.15) is 0 Å². The van der Waals surface area contributed by atoms with E-state index in [1.807, 2.05) is 24.4 Å². The van der Waals surface area contributed by atoms with Crippen molar-refractivity contribution in [3.63, 3.8) is 0 Å². The normalized spacial score (nSPS) is 10.6. The van der Waals surface area contributed by atoms with Crippen molar-refractivity contribution in [1.29, 1.82) is 0 Å². The minimum atomic E-state index is -0.304. The number of ether oxygens (including phenoxy) is 1. The molecule has 0 aliphatic rings. The third-order valence-electron chi connectivity index (χ3n) is 4.63. The summed E-state index contributed by atoms with van der Waals surface area (Å²) in [6.45, 7) is 1.85. The monoisotopic (exact) mass is 498 g/mol. The van der Waals surface area contributed by atoms with Crippen LogP contribution in [-0.2, 0) is 11.2 Å². The lowest BCUT2D eigenvalue weighted by atomic mass is 10.1. The lowest BCUT2D eigenvalue weighted by Crippen LogP contribution is -2.14. The summed E-state index contributed by atoms with van der Waals surface area (Å²) in [6.07, 6.45) is 0.227. The molecule has 0 saturated heterocycles. The summed E-state index contributed by atoms with van der Waals surface area (Å²) in [5.41, 5.74) is 2.71. The number of aromatic nitrogens is 2. The molecule has 0 aliphatic carbocycles. The zero-order valence-corrected chi connectivity index (χ0v) is 20.1. The zero-order valence-electron chi connectivity index (χ0n) is 17.7. The van der Waals surface area contributed by atoms with Gasteiger partial charge in [0.2, 0.25) is 5.91 Å². The highest BCUT2D eigenvalue weighted by Gasteiger charge is 2.18. The van der Waals surface area contributed by atoms with E-state index >= 15 is 0 Å². The molecule has 2 aromatic carbocycles. The van der Waals surface area contributed by atoms with Crippen molar-refractivity contribution in [2.75, 3.05) is 17.7 Å². The number of anilines is 2. The van der Waals surface area contributed by atoms with Crippen LogP contribution in [0.25, 0.3) is 10.6 Å². The Labute approximate surface area is 203 Å². The second kappa shape index (κ2) is 10.1. The Balaban J connectivity index is 1.43. The van der Waals surface area contributed by atoms with Gasteiger partial charge in [-0.25, -0.2) is 9.97 Å². The third-order valence-corrected chi connectivity index (χ3v) is 6.73. The van der Waals surface area contributed by atoms with Gasteiger partial charge in [0.05, 0.1) is 35.4 Å². The predicted molar refractivity (Wildman–Crippen MR) is 133 cm³/mol. The smallest absolute Gasteiger partial charge is 0.261 e. The van der Waals surface area contributed by atoms with Gasteiger partial charge in [0.1, 0.15) is 5.75 Å². The largest absolute Gasteiger partial charge is 0.496 e. The minimum Gasteiger partial charge on any atom is -0.496 e. The molecule has 0 saturated carbocycles. The standard InChI is InChI=1S/C23H19ClN4O3S2/c1-13-20(33-23(25-13)28-21(30)16-5-3-4-6-18(16)31-2)17-12-32-22(26-17)27-19(29)11-14-7-9-15(24)10-8-14/h3-10,12H,11H2,1-2H3,(H,25,28,30)(H,26,27,29). The van der Waals surface area contributed by atoms with Crippen molar-refractivity contribution in [2.45, 2.75) is 13.3 Å². The number of rotatable bonds is 7. The van der Waals surface area contributed by atoms with E-state index in [0.29, 0.717) is 32.3 Å². The summed E-state index contributed by atoms with van der Waals surface area (Å²) < 4.78 is 5.25. The number of nitrogens with zero attached hydrogens (tertiary/aromatic N) is 2. The van der Waals surface area contributed by atoms with Crippen molar-refractivity contribution in [3.05, 3.63) is 75.8 Å². The molecule has 10 heteroatoms. The van der Waals surface area contributed by atoms with E-state index in [1.54, 1.807) is 36.4 Å². The molecular formula is C23H19ClN4O3S2. The van der Waals surface area contributed by atoms with E-state index in [9.17, 15) is 9.59 Å². The van der Waals surface area contributed by atoms with Crippen LogP contribution in [0.4, 0.5) is 10.3 Å². The molecule has 4 aromatic rings. The number of carbonyl (C=O) groups excluding carboxylic acids is 2. The first-order valence-corrected chi connectivity index (χ1v) is 11.9. The second-order valence-electron chi connectivity index (χ2n) is 6.98. The zero-order chi connectivity index (χ0) is 23.4. The van der Waals surface area contributed by atoms with Gasteiger partial charge in [0.25, 0.3) is 5.91 Å². The lowest BCUT2D eigenvalue weighted by Gasteiger charge is -2.06. The average Bonchev–Trinajstić information content (AvgIpc) is 3.41. The van der Waals surface area contributed by atoms with Crippen LogP contribution in [0.1, 0.15) is 21.6 Å². The van der Waals surface area contributed by atoms with Gasteiger partial charge in [0, 0.05) is 10.4 Å². The van der Waals surface area contributed by atoms with Gasteiger partial charge >= 0.3 is 0 Å². The number of benzene rings is 2. The van der Waals surface area contributed by atoms with Crippen LogP contribution < -0.4 is 15.4 Å². The number of methoxy groups -OCH3 is 1. The average molecular weight is 499 g/mol. The molecule has 0 radical (unpaired) electrons. The number of amides is 2. The fraction of sp³-hybridized carbons (Fsp3) is 0.130. The third kappa shape index (κ3) is 5.57. The van der Waals surface area contributed by atoms with E-state index in [-0.39, 0.29) is 18.2 Å². The van der Waals surface area contributed by atoms with Crippen LogP contribution >= 0.6 is 34.3 Å². The first kappa shape index (κ1) is 22.9. The topological polar surface area (TPSA) is 93.2 Å². The first-order chi connectivity index (χ1) is 15.9. The summed E-state index contributed by atoms with van der Waals surface area (Å²) in [7, 11) is 1.52. The van der Waals surface area contributed by atoms with Crippen molar-refractivity contribution >= 4 is 56.4 Å². The fourth-order valence-corrected chi connectivity index (χ4v) is 4.91. The maximum absolute atomic E-state index is 12.7. The molecule has 2 aromatic heterocycles. The van der Waals surface area contributed by atoms with E-state index < -0.39 is 0 Å². The highest BCUT2D eigenvalue weighted by atomic mass is 35.5. The SMILES string of the molecule is COc1ccccc1C(=O)Nc1nc(C)c(-c2csc(NC(=O)Cc3ccc(Cl)cc3)n2)s1. The molecule has 0 aliphatic heterocycles. The Morgan fingerprint density at radius 3 is 2.55 bits per heavy atom. The number of carbonyl (C=O) groups is 2. The molecule has 2 amide bonds. The van der Waals surface area contributed by atoms with E-state index in [2.05, 4.69) is 20.6 Å². The van der Waals surface area contributed by atoms with Gasteiger partial charge in [-0.3, -0.25) is 14.9 Å². The van der Waals surface area contributed by atoms with Crippen LogP contribution in [0.15, 0.2) is 53.9 Å². The number of aryl methyl sites for hydroxylation is 1. The maximum Gasteiger partial charge on any atom is 0.261 e. The number of hydrogen-bond acceptors (Lipinski definition) is 7. The quantitative estimate of drug-likeness (QED) is 0.342. The van der Waals surface area contributed by atoms with E-state index in [1.165, 1.54) is 29.8 Å². The van der Waals surface area contributed by atoms with Gasteiger partial charge in [-0.1, -0.05) is 47.2 Å². The summed E-state index contributed by atoms with van der Waals surface area (Å²) in [6, 6.07) is 14.1. The molecule has 2 N–H and O–H groups in total. The summed E-state index contributed by atoms with van der Waals surface area (Å²) in [5, 5.41) is 9.08. The molecule has 33 heavy (non-hydrogen) atoms. The maximum atomic E-state index is 12.7. The predicted octanol–water partition coefficient (Wildman–Crippen LogP) is 5.67. The summed E-state index contributed by atoms with van der Waals surface area (Å²) >= 11 is 8.53. The Kier molecular flexibility index (Phi) is 7.02. The van der Waals surface area contributed by atoms with E-state index in [4.69, 9.17) is 16.3 Å². The molecule has 0 spiro atoms. The van der Waals surface area contributed by atoms with Gasteiger partial charge in [0.15, 0.2) is 10.3 Å². The van der Waals surface area contributed by atoms with Crippen LogP contribution in [0.5, 0.6) is 5.75 Å². The van der Waals surface area contributed by atoms with Gasteiger partial charge in [-0.15, -0.1) is 11.3 Å².